The molecule has 2 aliphatic heterocycles. The van der Waals surface area contributed by atoms with E-state index < -0.39 is 23.2 Å². The maximum absolute atomic E-state index is 14.2. The average Bonchev–Trinajstić information content (AvgIpc) is 2.96. The van der Waals surface area contributed by atoms with E-state index in [0.717, 1.165) is 60.6 Å². The van der Waals surface area contributed by atoms with Gasteiger partial charge in [0.2, 0.25) is 0 Å². The quantitative estimate of drug-likeness (QED) is 0.469. The van der Waals surface area contributed by atoms with Gasteiger partial charge in [0.1, 0.15) is 5.75 Å². The Hall–Kier alpha value is -3.27. The molecule has 4 rings (SSSR count). The second-order valence-corrected chi connectivity index (χ2v) is 12.4. The molecule has 0 radical (unpaired) electrons. The fraction of sp³-hybridized carbons (Fsp3) is 0.562. The molecule has 2 aromatic carbocycles. The minimum absolute atomic E-state index is 0.0119. The summed E-state index contributed by atoms with van der Waals surface area (Å²) in [4.78, 5) is 30.7. The van der Waals surface area contributed by atoms with Gasteiger partial charge in [0.05, 0.1) is 7.11 Å². The number of benzene rings is 2. The number of alkyl halides is 3. The third-order valence-electron chi connectivity index (χ3n) is 9.07. The molecule has 7 nitrogen and oxygen atoms in total. The first-order valence-electron chi connectivity index (χ1n) is 14.5. The molecule has 0 saturated carbocycles. The van der Waals surface area contributed by atoms with Crippen molar-refractivity contribution in [1.82, 2.24) is 9.80 Å². The largest absolute Gasteiger partial charge is 0.497 e. The average molecular weight is 590 g/mol. The highest BCUT2D eigenvalue weighted by Gasteiger charge is 2.62. The van der Waals surface area contributed by atoms with Crippen LogP contribution < -0.4 is 9.64 Å². The molecule has 0 bridgehead atoms. The first kappa shape index (κ1) is 31.7. The zero-order valence-electron chi connectivity index (χ0n) is 25.1. The Morgan fingerprint density at radius 2 is 1.69 bits per heavy atom. The summed E-state index contributed by atoms with van der Waals surface area (Å²) in [6.45, 7) is 6.22. The summed E-state index contributed by atoms with van der Waals surface area (Å²) in [7, 11) is 4.80. The molecule has 2 aromatic rings. The molecule has 42 heavy (non-hydrogen) atoms. The molecule has 1 unspecified atom stereocenters. The van der Waals surface area contributed by atoms with E-state index in [-0.39, 0.29) is 30.2 Å². The van der Waals surface area contributed by atoms with Gasteiger partial charge in [-0.2, -0.15) is 13.2 Å². The van der Waals surface area contributed by atoms with Crippen molar-refractivity contribution in [3.63, 3.8) is 0 Å². The van der Waals surface area contributed by atoms with Gasteiger partial charge in [0, 0.05) is 57.1 Å². The van der Waals surface area contributed by atoms with Crippen LogP contribution in [0.2, 0.25) is 0 Å². The molecule has 0 spiro atoms. The van der Waals surface area contributed by atoms with E-state index in [1.54, 1.807) is 19.0 Å². The molecular weight excluding hydrogens is 547 g/mol. The first-order valence-corrected chi connectivity index (χ1v) is 14.5. The molecule has 0 aromatic heterocycles. The number of nitrogens with zero attached hydrogens (tertiary/aromatic N) is 3. The number of hydrogen-bond acceptors (Lipinski definition) is 5. The number of amides is 2. The lowest BCUT2D eigenvalue weighted by Crippen LogP contribution is -2.57. The number of likely N-dealkylation sites (tertiary alicyclic amines) is 1. The molecule has 2 heterocycles. The van der Waals surface area contributed by atoms with Gasteiger partial charge in [-0.15, -0.1) is 0 Å². The molecule has 10 heteroatoms. The number of methoxy groups -OCH3 is 1. The lowest BCUT2D eigenvalue weighted by molar-refractivity contribution is -0.262. The standard InChI is InChI=1S/C32H42F3N3O4/c1-22-19-25(9-10-27(22)28(39)36(3)4)37-15-11-23(12-16-37)21-30(2)13-17-38(18-14-30)29(40)31(41,32(33,34)35)24-7-6-8-26(20-24)42-5/h6-10,19-20,23,41H,11-18,21H2,1-5H3. The van der Waals surface area contributed by atoms with Gasteiger partial charge >= 0.3 is 6.18 Å². The summed E-state index contributed by atoms with van der Waals surface area (Å²) in [6.07, 6.45) is -1.10. The van der Waals surface area contributed by atoms with Crippen LogP contribution >= 0.6 is 0 Å². The highest BCUT2D eigenvalue weighted by Crippen LogP contribution is 2.45. The van der Waals surface area contributed by atoms with Gasteiger partial charge in [-0.25, -0.2) is 0 Å². The van der Waals surface area contributed by atoms with E-state index >= 15 is 0 Å². The van der Waals surface area contributed by atoms with E-state index in [2.05, 4.69) is 17.9 Å². The van der Waals surface area contributed by atoms with Crippen molar-refractivity contribution in [2.45, 2.75) is 57.7 Å². The Kier molecular flexibility index (Phi) is 9.16. The molecule has 2 aliphatic rings. The zero-order chi connectivity index (χ0) is 30.9. The fourth-order valence-corrected chi connectivity index (χ4v) is 6.36. The second-order valence-electron chi connectivity index (χ2n) is 12.4. The SMILES string of the molecule is COc1cccc(C(O)(C(=O)N2CCC(C)(CC3CCN(c4ccc(C(=O)N(C)C)c(C)c4)CC3)CC2)C(F)(F)F)c1. The molecule has 2 saturated heterocycles. The number of ether oxygens (including phenoxy) is 1. The smallest absolute Gasteiger partial charge is 0.430 e. The second kappa shape index (κ2) is 12.1. The molecule has 0 aliphatic carbocycles. The Labute approximate surface area is 246 Å². The maximum Gasteiger partial charge on any atom is 0.430 e. The number of aliphatic hydroxyl groups is 1. The minimum atomic E-state index is -5.19. The molecule has 2 amide bonds. The van der Waals surface area contributed by atoms with Crippen molar-refractivity contribution in [3.05, 3.63) is 59.2 Å². The summed E-state index contributed by atoms with van der Waals surface area (Å²) in [6, 6.07) is 10.9. The third-order valence-corrected chi connectivity index (χ3v) is 9.07. The molecular formula is C32H42F3N3O4. The van der Waals surface area contributed by atoms with E-state index in [1.807, 2.05) is 19.1 Å². The maximum atomic E-state index is 14.2. The number of rotatable bonds is 7. The van der Waals surface area contributed by atoms with Crippen LogP contribution in [0.25, 0.3) is 0 Å². The van der Waals surface area contributed by atoms with Crippen molar-refractivity contribution in [3.8, 4) is 5.75 Å². The van der Waals surface area contributed by atoms with Gasteiger partial charge < -0.3 is 24.5 Å². The predicted octanol–water partition coefficient (Wildman–Crippen LogP) is 5.39. The van der Waals surface area contributed by atoms with Crippen molar-refractivity contribution in [2.24, 2.45) is 11.3 Å². The number of carbonyl (C=O) groups is 2. The Balaban J connectivity index is 1.35. The Bertz CT molecular complexity index is 1280. The summed E-state index contributed by atoms with van der Waals surface area (Å²) < 4.78 is 47.6. The van der Waals surface area contributed by atoms with Crippen LogP contribution in [0.3, 0.4) is 0 Å². The van der Waals surface area contributed by atoms with E-state index in [4.69, 9.17) is 4.74 Å². The summed E-state index contributed by atoms with van der Waals surface area (Å²) in [5, 5.41) is 10.9. The van der Waals surface area contributed by atoms with Crippen molar-refractivity contribution >= 4 is 17.5 Å². The summed E-state index contributed by atoms with van der Waals surface area (Å²) in [5.41, 5.74) is -1.53. The van der Waals surface area contributed by atoms with Crippen LogP contribution in [-0.4, -0.2) is 80.3 Å². The van der Waals surface area contributed by atoms with Crippen molar-refractivity contribution in [1.29, 1.82) is 0 Å². The van der Waals surface area contributed by atoms with Gasteiger partial charge in [0.15, 0.2) is 0 Å². The molecule has 2 fully saturated rings. The van der Waals surface area contributed by atoms with Crippen LogP contribution in [-0.2, 0) is 10.4 Å². The van der Waals surface area contributed by atoms with E-state index in [9.17, 15) is 27.9 Å². The van der Waals surface area contributed by atoms with Gasteiger partial charge in [-0.1, -0.05) is 19.1 Å². The van der Waals surface area contributed by atoms with Crippen molar-refractivity contribution < 1.29 is 32.6 Å². The lowest BCUT2D eigenvalue weighted by atomic mass is 9.71. The first-order chi connectivity index (χ1) is 19.7. The van der Waals surface area contributed by atoms with Crippen LogP contribution in [0, 0.1) is 18.3 Å². The highest BCUT2D eigenvalue weighted by atomic mass is 19.4. The van der Waals surface area contributed by atoms with Gasteiger partial charge in [-0.05, 0) is 86.3 Å². The number of aryl methyl sites for hydroxylation is 1. The number of piperidine rings is 2. The number of hydrogen-bond donors (Lipinski definition) is 1. The van der Waals surface area contributed by atoms with Gasteiger partial charge in [-0.3, -0.25) is 9.59 Å². The van der Waals surface area contributed by atoms with Crippen LogP contribution in [0.5, 0.6) is 5.75 Å². The Morgan fingerprint density at radius 3 is 2.24 bits per heavy atom. The molecule has 230 valence electrons. The monoisotopic (exact) mass is 589 g/mol. The summed E-state index contributed by atoms with van der Waals surface area (Å²) >= 11 is 0. The number of anilines is 1. The third kappa shape index (κ3) is 6.38. The number of carbonyl (C=O) groups excluding carboxylic acids is 2. The molecule has 1 N–H and O–H groups in total. The van der Waals surface area contributed by atoms with Crippen LogP contribution in [0.4, 0.5) is 18.9 Å². The highest BCUT2D eigenvalue weighted by molar-refractivity contribution is 5.95. The van der Waals surface area contributed by atoms with E-state index in [0.29, 0.717) is 24.3 Å². The number of halogens is 3. The Morgan fingerprint density at radius 1 is 1.05 bits per heavy atom. The van der Waals surface area contributed by atoms with Crippen LogP contribution in [0.15, 0.2) is 42.5 Å². The molecule has 1 atom stereocenters. The van der Waals surface area contributed by atoms with E-state index in [1.165, 1.54) is 19.2 Å². The lowest BCUT2D eigenvalue weighted by Gasteiger charge is -2.45. The van der Waals surface area contributed by atoms with Crippen LogP contribution in [0.1, 0.15) is 60.5 Å². The normalized spacial score (nSPS) is 19.3. The topological polar surface area (TPSA) is 73.3 Å². The van der Waals surface area contributed by atoms with Gasteiger partial charge in [0.25, 0.3) is 17.4 Å². The zero-order valence-corrected chi connectivity index (χ0v) is 25.1. The van der Waals surface area contributed by atoms with Crippen molar-refractivity contribution in [2.75, 3.05) is 52.3 Å². The predicted molar refractivity (Wildman–Crippen MR) is 156 cm³/mol. The minimum Gasteiger partial charge on any atom is -0.497 e. The fourth-order valence-electron chi connectivity index (χ4n) is 6.36. The summed E-state index contributed by atoms with van der Waals surface area (Å²) in [5.74, 6) is -0.741.